The van der Waals surface area contributed by atoms with Gasteiger partial charge in [-0.1, -0.05) is 13.8 Å². The number of nitrogens with zero attached hydrogens (tertiary/aromatic N) is 1. The molecule has 0 radical (unpaired) electrons. The molecule has 0 atom stereocenters. The van der Waals surface area contributed by atoms with E-state index in [1.54, 1.807) is 12.1 Å². The third-order valence-electron chi connectivity index (χ3n) is 5.43. The Kier molecular flexibility index (Phi) is 6.19. The molecule has 150 valence electrons. The number of nitrogens with one attached hydrogen (secondary N) is 3. The molecule has 2 aromatic rings. The number of aryl methyl sites for hydroxylation is 1. The normalized spacial score (nSPS) is 14.4. The minimum Gasteiger partial charge on any atom is -0.380 e. The number of hydrogen-bond donors (Lipinski definition) is 3. The van der Waals surface area contributed by atoms with Gasteiger partial charge >= 0.3 is 0 Å². The monoisotopic (exact) mass is 384 g/mol. The molecule has 0 saturated carbocycles. The number of fused-ring (bicyclic) bond motifs is 1. The fourth-order valence-corrected chi connectivity index (χ4v) is 3.74. The SMILES string of the molecule is CCN(CC)CCNC(=O)c1c(C)[nH]c(/C=C2\CNc3ccc(F)cc32)c1C. The minimum absolute atomic E-state index is 0.0564. The molecule has 3 N–H and O–H groups in total. The zero-order valence-electron chi connectivity index (χ0n) is 17.1. The van der Waals surface area contributed by atoms with Gasteiger partial charge in [0.1, 0.15) is 5.82 Å². The Balaban J connectivity index is 1.78. The Morgan fingerprint density at radius 1 is 1.29 bits per heavy atom. The average Bonchev–Trinajstić information content (AvgIpc) is 3.19. The van der Waals surface area contributed by atoms with Crippen LogP contribution in [0, 0.1) is 19.7 Å². The maximum Gasteiger partial charge on any atom is 0.253 e. The van der Waals surface area contributed by atoms with Crippen molar-refractivity contribution in [1.29, 1.82) is 0 Å². The average molecular weight is 384 g/mol. The number of amides is 1. The van der Waals surface area contributed by atoms with Crippen LogP contribution < -0.4 is 10.6 Å². The molecule has 0 unspecified atom stereocenters. The van der Waals surface area contributed by atoms with Crippen LogP contribution in [0.3, 0.4) is 0 Å². The first-order valence-corrected chi connectivity index (χ1v) is 9.88. The second-order valence-corrected chi connectivity index (χ2v) is 7.16. The van der Waals surface area contributed by atoms with E-state index in [1.165, 1.54) is 6.07 Å². The van der Waals surface area contributed by atoms with E-state index in [0.717, 1.165) is 53.4 Å². The molecule has 1 aliphatic heterocycles. The van der Waals surface area contributed by atoms with Crippen LogP contribution in [0.4, 0.5) is 10.1 Å². The van der Waals surface area contributed by atoms with Crippen LogP contribution in [-0.4, -0.2) is 48.5 Å². The van der Waals surface area contributed by atoms with Crippen molar-refractivity contribution in [2.45, 2.75) is 27.7 Å². The summed E-state index contributed by atoms with van der Waals surface area (Å²) in [7, 11) is 0. The van der Waals surface area contributed by atoms with Crippen molar-refractivity contribution in [3.05, 3.63) is 52.1 Å². The predicted octanol–water partition coefficient (Wildman–Crippen LogP) is 3.81. The summed E-state index contributed by atoms with van der Waals surface area (Å²) < 4.78 is 13.6. The number of carbonyl (C=O) groups is 1. The standard InChI is InChI=1S/C22H29FN4O/c1-5-27(6-2)10-9-24-22(28)21-14(3)20(26-15(21)4)11-16-13-25-19-8-7-17(23)12-18(16)19/h7-8,11-12,25-26H,5-6,9-10,13H2,1-4H3,(H,24,28)/b16-11+. The number of benzene rings is 1. The van der Waals surface area contributed by atoms with E-state index in [-0.39, 0.29) is 11.7 Å². The third-order valence-corrected chi connectivity index (χ3v) is 5.43. The number of rotatable bonds is 7. The summed E-state index contributed by atoms with van der Waals surface area (Å²) >= 11 is 0. The molecule has 1 aliphatic rings. The van der Waals surface area contributed by atoms with Crippen molar-refractivity contribution in [2.75, 3.05) is 38.0 Å². The maximum absolute atomic E-state index is 13.6. The molecule has 3 rings (SSSR count). The molecule has 0 bridgehead atoms. The van der Waals surface area contributed by atoms with E-state index in [9.17, 15) is 9.18 Å². The van der Waals surface area contributed by atoms with E-state index < -0.39 is 0 Å². The van der Waals surface area contributed by atoms with Gasteiger partial charge in [-0.2, -0.15) is 0 Å². The van der Waals surface area contributed by atoms with E-state index in [0.29, 0.717) is 18.7 Å². The lowest BCUT2D eigenvalue weighted by molar-refractivity contribution is 0.0948. The van der Waals surface area contributed by atoms with Crippen LogP contribution in [0.25, 0.3) is 11.6 Å². The molecule has 5 nitrogen and oxygen atoms in total. The van der Waals surface area contributed by atoms with Crippen molar-refractivity contribution < 1.29 is 9.18 Å². The highest BCUT2D eigenvalue weighted by atomic mass is 19.1. The quantitative estimate of drug-likeness (QED) is 0.680. The Bertz CT molecular complexity index is 896. The van der Waals surface area contributed by atoms with Crippen LogP contribution >= 0.6 is 0 Å². The van der Waals surface area contributed by atoms with Gasteiger partial charge in [0, 0.05) is 42.3 Å². The van der Waals surface area contributed by atoms with Gasteiger partial charge in [0.25, 0.3) is 5.91 Å². The zero-order chi connectivity index (χ0) is 20.3. The molecule has 1 aromatic heterocycles. The third kappa shape index (κ3) is 4.12. The number of aromatic amines is 1. The molecule has 1 amide bonds. The lowest BCUT2D eigenvalue weighted by atomic mass is 10.0. The first-order valence-electron chi connectivity index (χ1n) is 9.88. The number of carbonyl (C=O) groups excluding carboxylic acids is 1. The number of halogens is 1. The lowest BCUT2D eigenvalue weighted by Crippen LogP contribution is -2.35. The number of anilines is 1. The summed E-state index contributed by atoms with van der Waals surface area (Å²) in [6, 6.07) is 4.76. The summed E-state index contributed by atoms with van der Waals surface area (Å²) in [6.45, 7) is 12.1. The van der Waals surface area contributed by atoms with E-state index in [2.05, 4.69) is 34.4 Å². The number of aromatic nitrogens is 1. The molecular weight excluding hydrogens is 355 g/mol. The lowest BCUT2D eigenvalue weighted by Gasteiger charge is -2.18. The Hall–Kier alpha value is -2.60. The first-order chi connectivity index (χ1) is 13.4. The number of H-pyrrole nitrogens is 1. The molecule has 28 heavy (non-hydrogen) atoms. The van der Waals surface area contributed by atoms with Crippen LogP contribution in [0.1, 0.15) is 46.7 Å². The zero-order valence-corrected chi connectivity index (χ0v) is 17.1. The summed E-state index contributed by atoms with van der Waals surface area (Å²) in [5, 5.41) is 6.30. The van der Waals surface area contributed by atoms with Crippen molar-refractivity contribution in [3.63, 3.8) is 0 Å². The molecule has 0 aliphatic carbocycles. The number of hydrogen-bond acceptors (Lipinski definition) is 3. The molecule has 1 aromatic carbocycles. The highest BCUT2D eigenvalue weighted by Crippen LogP contribution is 2.33. The van der Waals surface area contributed by atoms with Crippen molar-refractivity contribution in [3.8, 4) is 0 Å². The van der Waals surface area contributed by atoms with Gasteiger partial charge in [-0.25, -0.2) is 4.39 Å². The molecule has 0 saturated heterocycles. The van der Waals surface area contributed by atoms with Gasteiger partial charge in [0.15, 0.2) is 0 Å². The summed E-state index contributed by atoms with van der Waals surface area (Å²) in [4.78, 5) is 18.3. The topological polar surface area (TPSA) is 60.2 Å². The summed E-state index contributed by atoms with van der Waals surface area (Å²) in [5.74, 6) is -0.306. The second-order valence-electron chi connectivity index (χ2n) is 7.16. The van der Waals surface area contributed by atoms with Crippen molar-refractivity contribution in [2.24, 2.45) is 0 Å². The largest absolute Gasteiger partial charge is 0.380 e. The second kappa shape index (κ2) is 8.61. The van der Waals surface area contributed by atoms with Crippen LogP contribution in [0.2, 0.25) is 0 Å². The van der Waals surface area contributed by atoms with Crippen LogP contribution in [0.5, 0.6) is 0 Å². The summed E-state index contributed by atoms with van der Waals surface area (Å²) in [6.07, 6.45) is 2.01. The summed E-state index contributed by atoms with van der Waals surface area (Å²) in [5.41, 5.74) is 6.15. The minimum atomic E-state index is -0.249. The Labute approximate surface area is 166 Å². The number of likely N-dealkylation sites (N-methyl/N-ethyl adjacent to an activating group) is 1. The van der Waals surface area contributed by atoms with Crippen molar-refractivity contribution in [1.82, 2.24) is 15.2 Å². The van der Waals surface area contributed by atoms with E-state index in [1.807, 2.05) is 19.9 Å². The van der Waals surface area contributed by atoms with Gasteiger partial charge in [-0.3, -0.25) is 4.79 Å². The highest BCUT2D eigenvalue weighted by Gasteiger charge is 2.20. The van der Waals surface area contributed by atoms with Crippen LogP contribution in [0.15, 0.2) is 18.2 Å². The van der Waals surface area contributed by atoms with Crippen molar-refractivity contribution >= 4 is 23.2 Å². The first kappa shape index (κ1) is 20.1. The smallest absolute Gasteiger partial charge is 0.253 e. The molecule has 2 heterocycles. The van der Waals surface area contributed by atoms with E-state index >= 15 is 0 Å². The van der Waals surface area contributed by atoms with E-state index in [4.69, 9.17) is 0 Å². The van der Waals surface area contributed by atoms with Gasteiger partial charge < -0.3 is 20.5 Å². The Morgan fingerprint density at radius 3 is 2.75 bits per heavy atom. The predicted molar refractivity (Wildman–Crippen MR) is 113 cm³/mol. The molecular formula is C22H29FN4O. The van der Waals surface area contributed by atoms with Gasteiger partial charge in [0.2, 0.25) is 0 Å². The maximum atomic E-state index is 13.6. The fraction of sp³-hybridized carbons (Fsp3) is 0.409. The molecule has 6 heteroatoms. The van der Waals surface area contributed by atoms with Crippen LogP contribution in [-0.2, 0) is 0 Å². The molecule has 0 spiro atoms. The highest BCUT2D eigenvalue weighted by molar-refractivity contribution is 5.99. The Morgan fingerprint density at radius 2 is 2.04 bits per heavy atom. The fourth-order valence-electron chi connectivity index (χ4n) is 3.74. The molecule has 0 fully saturated rings. The van der Waals surface area contributed by atoms with Gasteiger partial charge in [0.05, 0.1) is 5.56 Å². The van der Waals surface area contributed by atoms with Gasteiger partial charge in [-0.05, 0) is 62.3 Å². The van der Waals surface area contributed by atoms with Gasteiger partial charge in [-0.15, -0.1) is 0 Å².